The van der Waals surface area contributed by atoms with Gasteiger partial charge in [0.15, 0.2) is 0 Å². The van der Waals surface area contributed by atoms with Gasteiger partial charge in [-0.15, -0.1) is 0 Å². The van der Waals surface area contributed by atoms with Crippen LogP contribution in [0.3, 0.4) is 0 Å². The Morgan fingerprint density at radius 1 is 1.26 bits per heavy atom. The van der Waals surface area contributed by atoms with Gasteiger partial charge in [0.05, 0.1) is 0 Å². The van der Waals surface area contributed by atoms with Crippen LogP contribution in [0.15, 0.2) is 30.3 Å². The van der Waals surface area contributed by atoms with Crippen LogP contribution >= 0.6 is 15.9 Å². The fraction of sp³-hybridized carbons (Fsp3) is 0.562. The highest BCUT2D eigenvalue weighted by atomic mass is 79.9. The van der Waals surface area contributed by atoms with Crippen LogP contribution in [-0.2, 0) is 11.2 Å². The normalized spacial score (nSPS) is 23.0. The summed E-state index contributed by atoms with van der Waals surface area (Å²) in [6, 6.07) is 10.2. The molecule has 0 spiro atoms. The van der Waals surface area contributed by atoms with Crippen LogP contribution in [0.1, 0.15) is 37.7 Å². The molecule has 1 aliphatic rings. The van der Waals surface area contributed by atoms with Gasteiger partial charge in [0.25, 0.3) is 0 Å². The number of halogens is 1. The van der Waals surface area contributed by atoms with Crippen molar-refractivity contribution in [3.05, 3.63) is 35.9 Å². The van der Waals surface area contributed by atoms with E-state index < -0.39 is 0 Å². The van der Waals surface area contributed by atoms with Crippen molar-refractivity contribution in [2.75, 3.05) is 6.54 Å². The van der Waals surface area contributed by atoms with E-state index in [1.165, 1.54) is 31.2 Å². The zero-order valence-corrected chi connectivity index (χ0v) is 12.9. The second-order valence-electron chi connectivity index (χ2n) is 5.42. The Bertz CT molecular complexity index is 393. The molecule has 1 aromatic carbocycles. The van der Waals surface area contributed by atoms with Crippen LogP contribution in [0, 0.1) is 5.92 Å². The maximum absolute atomic E-state index is 11.8. The number of carbonyl (C=O) groups excluding carboxylic acids is 1. The van der Waals surface area contributed by atoms with Crippen molar-refractivity contribution in [2.45, 2.75) is 43.4 Å². The molecular formula is C16H22BrNO. The van der Waals surface area contributed by atoms with Gasteiger partial charge < -0.3 is 5.32 Å². The summed E-state index contributed by atoms with van der Waals surface area (Å²) in [4.78, 5) is 12.5. The molecule has 0 saturated heterocycles. The highest BCUT2D eigenvalue weighted by Gasteiger charge is 2.20. The van der Waals surface area contributed by atoms with Crippen LogP contribution in [0.25, 0.3) is 0 Å². The second kappa shape index (κ2) is 7.68. The van der Waals surface area contributed by atoms with Crippen molar-refractivity contribution in [1.29, 1.82) is 0 Å². The minimum atomic E-state index is 0.181. The van der Waals surface area contributed by atoms with Gasteiger partial charge in [-0.05, 0) is 37.2 Å². The van der Waals surface area contributed by atoms with Gasteiger partial charge in [0.1, 0.15) is 0 Å². The molecule has 0 aromatic heterocycles. The summed E-state index contributed by atoms with van der Waals surface area (Å²) < 4.78 is 0. The fourth-order valence-electron chi connectivity index (χ4n) is 2.66. The van der Waals surface area contributed by atoms with Crippen LogP contribution in [0.2, 0.25) is 0 Å². The van der Waals surface area contributed by atoms with E-state index in [9.17, 15) is 4.79 Å². The first-order valence-electron chi connectivity index (χ1n) is 7.18. The van der Waals surface area contributed by atoms with E-state index in [4.69, 9.17) is 0 Å². The fourth-order valence-corrected chi connectivity index (χ4v) is 3.51. The van der Waals surface area contributed by atoms with Gasteiger partial charge in [-0.3, -0.25) is 4.79 Å². The second-order valence-corrected chi connectivity index (χ2v) is 6.71. The molecule has 1 N–H and O–H groups in total. The Balaban J connectivity index is 1.64. The average molecular weight is 324 g/mol. The van der Waals surface area contributed by atoms with Gasteiger partial charge >= 0.3 is 0 Å². The minimum absolute atomic E-state index is 0.181. The lowest BCUT2D eigenvalue weighted by atomic mass is 9.89. The number of benzene rings is 1. The third-order valence-electron chi connectivity index (χ3n) is 3.79. The molecule has 0 aliphatic heterocycles. The molecule has 2 unspecified atom stereocenters. The Labute approximate surface area is 124 Å². The number of rotatable bonds is 5. The molecule has 1 aliphatic carbocycles. The Kier molecular flexibility index (Phi) is 5.90. The molecule has 2 atom stereocenters. The number of carbonyl (C=O) groups is 1. The van der Waals surface area contributed by atoms with E-state index in [1.54, 1.807) is 0 Å². The van der Waals surface area contributed by atoms with Crippen LogP contribution in [-0.4, -0.2) is 17.3 Å². The molecule has 1 aromatic rings. The standard InChI is InChI=1S/C16H22BrNO/c17-15-8-4-7-14(11-15)12-18-16(19)10-9-13-5-2-1-3-6-13/h1-3,5-6,14-15H,4,7-12H2,(H,18,19). The van der Waals surface area contributed by atoms with Crippen molar-refractivity contribution in [3.63, 3.8) is 0 Å². The largest absolute Gasteiger partial charge is 0.356 e. The van der Waals surface area contributed by atoms with Crippen LogP contribution in [0.4, 0.5) is 0 Å². The Morgan fingerprint density at radius 3 is 2.79 bits per heavy atom. The molecule has 2 rings (SSSR count). The van der Waals surface area contributed by atoms with E-state index in [2.05, 4.69) is 33.4 Å². The molecule has 0 heterocycles. The molecule has 19 heavy (non-hydrogen) atoms. The lowest BCUT2D eigenvalue weighted by Gasteiger charge is -2.25. The maximum Gasteiger partial charge on any atom is 0.220 e. The summed E-state index contributed by atoms with van der Waals surface area (Å²) in [6.45, 7) is 0.843. The van der Waals surface area contributed by atoms with Crippen molar-refractivity contribution < 1.29 is 4.79 Å². The maximum atomic E-state index is 11.8. The summed E-state index contributed by atoms with van der Waals surface area (Å²) in [5, 5.41) is 3.08. The molecule has 0 radical (unpaired) electrons. The van der Waals surface area contributed by atoms with Gasteiger partial charge in [-0.25, -0.2) is 0 Å². The summed E-state index contributed by atoms with van der Waals surface area (Å²) in [6.07, 6.45) is 6.42. The van der Waals surface area contributed by atoms with E-state index in [0.29, 0.717) is 17.2 Å². The zero-order chi connectivity index (χ0) is 13.5. The number of hydrogen-bond acceptors (Lipinski definition) is 1. The number of hydrogen-bond donors (Lipinski definition) is 1. The Hall–Kier alpha value is -0.830. The minimum Gasteiger partial charge on any atom is -0.356 e. The Morgan fingerprint density at radius 2 is 2.05 bits per heavy atom. The molecular weight excluding hydrogens is 302 g/mol. The highest BCUT2D eigenvalue weighted by Crippen LogP contribution is 2.28. The smallest absolute Gasteiger partial charge is 0.220 e. The van der Waals surface area contributed by atoms with Crippen molar-refractivity contribution in [1.82, 2.24) is 5.32 Å². The van der Waals surface area contributed by atoms with Gasteiger partial charge in [-0.1, -0.05) is 52.7 Å². The first-order chi connectivity index (χ1) is 9.24. The predicted molar refractivity (Wildman–Crippen MR) is 82.4 cm³/mol. The molecule has 0 bridgehead atoms. The number of alkyl halides is 1. The van der Waals surface area contributed by atoms with E-state index in [0.717, 1.165) is 13.0 Å². The van der Waals surface area contributed by atoms with Gasteiger partial charge in [0.2, 0.25) is 5.91 Å². The molecule has 1 saturated carbocycles. The van der Waals surface area contributed by atoms with Crippen molar-refractivity contribution in [3.8, 4) is 0 Å². The van der Waals surface area contributed by atoms with Crippen LogP contribution < -0.4 is 5.32 Å². The monoisotopic (exact) mass is 323 g/mol. The number of aryl methyl sites for hydroxylation is 1. The molecule has 2 nitrogen and oxygen atoms in total. The quantitative estimate of drug-likeness (QED) is 0.823. The van der Waals surface area contributed by atoms with E-state index in [-0.39, 0.29) is 5.91 Å². The van der Waals surface area contributed by atoms with Gasteiger partial charge in [0, 0.05) is 17.8 Å². The van der Waals surface area contributed by atoms with E-state index in [1.807, 2.05) is 18.2 Å². The zero-order valence-electron chi connectivity index (χ0n) is 11.3. The summed E-state index contributed by atoms with van der Waals surface area (Å²) >= 11 is 3.68. The van der Waals surface area contributed by atoms with Crippen LogP contribution in [0.5, 0.6) is 0 Å². The average Bonchev–Trinajstić information content (AvgIpc) is 2.44. The molecule has 3 heteroatoms. The molecule has 104 valence electrons. The lowest BCUT2D eigenvalue weighted by molar-refractivity contribution is -0.121. The summed E-state index contributed by atoms with van der Waals surface area (Å²) in [7, 11) is 0. The highest BCUT2D eigenvalue weighted by molar-refractivity contribution is 9.09. The first-order valence-corrected chi connectivity index (χ1v) is 8.10. The topological polar surface area (TPSA) is 29.1 Å². The van der Waals surface area contributed by atoms with E-state index >= 15 is 0 Å². The predicted octanol–water partition coefficient (Wildman–Crippen LogP) is 3.69. The van der Waals surface area contributed by atoms with Crippen molar-refractivity contribution in [2.24, 2.45) is 5.92 Å². The number of nitrogens with one attached hydrogen (secondary N) is 1. The lowest BCUT2D eigenvalue weighted by Crippen LogP contribution is -2.32. The van der Waals surface area contributed by atoms with Gasteiger partial charge in [-0.2, -0.15) is 0 Å². The summed E-state index contributed by atoms with van der Waals surface area (Å²) in [5.74, 6) is 0.833. The number of amides is 1. The van der Waals surface area contributed by atoms with Crippen molar-refractivity contribution >= 4 is 21.8 Å². The third-order valence-corrected chi connectivity index (χ3v) is 4.62. The molecule has 1 fully saturated rings. The SMILES string of the molecule is O=C(CCc1ccccc1)NCC1CCCC(Br)C1. The summed E-state index contributed by atoms with van der Waals surface area (Å²) in [5.41, 5.74) is 1.23. The first kappa shape index (κ1) is 14.6. The molecule has 1 amide bonds. The third kappa shape index (κ3) is 5.35.